The van der Waals surface area contributed by atoms with Crippen molar-refractivity contribution in [2.45, 2.75) is 51.9 Å². The molecule has 4 aliphatic rings. The van der Waals surface area contributed by atoms with Crippen molar-refractivity contribution < 1.29 is 9.53 Å². The number of unbranched alkanes of at least 4 members (excludes halogenated alkanes) is 3. The number of fused-ring (bicyclic) bond motifs is 9. The van der Waals surface area contributed by atoms with Gasteiger partial charge in [0.15, 0.2) is 0 Å². The number of ether oxygens (including phenoxy) is 1. The molecule has 0 aromatic heterocycles. The molecule has 21 heavy (non-hydrogen) atoms. The molecule has 4 aliphatic carbocycles. The molecule has 2 heteroatoms. The first kappa shape index (κ1) is 13.8. The lowest BCUT2D eigenvalue weighted by Gasteiger charge is -2.35. The SMILES string of the molecule is CCCCCCOC(=O)C1CC2CC1C1C3C=CC(C3)C21. The van der Waals surface area contributed by atoms with Gasteiger partial charge in [-0.05, 0) is 61.2 Å². The van der Waals surface area contributed by atoms with Crippen LogP contribution in [0.3, 0.4) is 0 Å². The van der Waals surface area contributed by atoms with Crippen molar-refractivity contribution in [2.75, 3.05) is 6.61 Å². The Labute approximate surface area is 128 Å². The third kappa shape index (κ3) is 2.17. The molecular weight excluding hydrogens is 260 g/mol. The van der Waals surface area contributed by atoms with Gasteiger partial charge in [0.1, 0.15) is 0 Å². The number of allylic oxidation sites excluding steroid dienone is 2. The van der Waals surface area contributed by atoms with Gasteiger partial charge in [-0.15, -0.1) is 0 Å². The zero-order valence-corrected chi connectivity index (χ0v) is 13.2. The summed E-state index contributed by atoms with van der Waals surface area (Å²) in [6, 6.07) is 0. The molecule has 3 fully saturated rings. The Morgan fingerprint density at radius 3 is 2.67 bits per heavy atom. The van der Waals surface area contributed by atoms with Crippen LogP contribution in [0.4, 0.5) is 0 Å². The zero-order chi connectivity index (χ0) is 14.4. The highest BCUT2D eigenvalue weighted by Gasteiger charge is 2.62. The van der Waals surface area contributed by atoms with Crippen molar-refractivity contribution in [1.29, 1.82) is 0 Å². The van der Waals surface area contributed by atoms with E-state index in [4.69, 9.17) is 4.74 Å². The van der Waals surface area contributed by atoms with E-state index < -0.39 is 0 Å². The summed E-state index contributed by atoms with van der Waals surface area (Å²) in [6.45, 7) is 2.86. The number of carbonyl (C=O) groups is 1. The lowest BCUT2D eigenvalue weighted by molar-refractivity contribution is -0.152. The van der Waals surface area contributed by atoms with Gasteiger partial charge in [-0.1, -0.05) is 38.3 Å². The topological polar surface area (TPSA) is 26.3 Å². The number of hydrogen-bond donors (Lipinski definition) is 0. The lowest BCUT2D eigenvalue weighted by atomic mass is 9.69. The van der Waals surface area contributed by atoms with E-state index in [1.165, 1.54) is 32.1 Å². The van der Waals surface area contributed by atoms with Gasteiger partial charge < -0.3 is 4.74 Å². The summed E-state index contributed by atoms with van der Waals surface area (Å²) in [6.07, 6.45) is 13.4. The van der Waals surface area contributed by atoms with E-state index >= 15 is 0 Å². The highest BCUT2D eigenvalue weighted by Crippen LogP contribution is 2.67. The molecule has 0 N–H and O–H groups in total. The Bertz CT molecular complexity index is 441. The van der Waals surface area contributed by atoms with Crippen LogP contribution in [0.1, 0.15) is 51.9 Å². The molecule has 0 heterocycles. The number of carbonyl (C=O) groups excluding carboxylic acids is 1. The Kier molecular flexibility index (Phi) is 3.59. The molecule has 0 spiro atoms. The molecule has 4 bridgehead atoms. The van der Waals surface area contributed by atoms with Gasteiger partial charge in [0.2, 0.25) is 0 Å². The van der Waals surface area contributed by atoms with Crippen molar-refractivity contribution in [3.8, 4) is 0 Å². The van der Waals surface area contributed by atoms with E-state index in [0.717, 1.165) is 42.4 Å². The number of hydrogen-bond acceptors (Lipinski definition) is 2. The van der Waals surface area contributed by atoms with Crippen LogP contribution in [-0.4, -0.2) is 12.6 Å². The van der Waals surface area contributed by atoms with Gasteiger partial charge in [-0.25, -0.2) is 0 Å². The van der Waals surface area contributed by atoms with Gasteiger partial charge in [-0.3, -0.25) is 4.79 Å². The predicted octanol–water partition coefficient (Wildman–Crippen LogP) is 4.20. The number of esters is 1. The van der Waals surface area contributed by atoms with Crippen LogP contribution in [0.5, 0.6) is 0 Å². The first-order chi connectivity index (χ1) is 10.3. The van der Waals surface area contributed by atoms with Crippen molar-refractivity contribution >= 4 is 5.97 Å². The second-order valence-electron chi connectivity index (χ2n) is 7.83. The maximum absolute atomic E-state index is 12.4. The average Bonchev–Trinajstić information content (AvgIpc) is 3.24. The Morgan fingerprint density at radius 2 is 1.86 bits per heavy atom. The van der Waals surface area contributed by atoms with Crippen LogP contribution in [0.15, 0.2) is 12.2 Å². The molecule has 2 nitrogen and oxygen atoms in total. The first-order valence-corrected chi connectivity index (χ1v) is 9.14. The predicted molar refractivity (Wildman–Crippen MR) is 82.5 cm³/mol. The molecule has 0 aliphatic heterocycles. The molecule has 7 atom stereocenters. The third-order valence-corrected chi connectivity index (χ3v) is 6.82. The van der Waals surface area contributed by atoms with Crippen molar-refractivity contribution in [3.05, 3.63) is 12.2 Å². The van der Waals surface area contributed by atoms with Gasteiger partial charge in [0.25, 0.3) is 0 Å². The van der Waals surface area contributed by atoms with Gasteiger partial charge >= 0.3 is 5.97 Å². The highest BCUT2D eigenvalue weighted by atomic mass is 16.5. The minimum absolute atomic E-state index is 0.129. The molecule has 0 aromatic carbocycles. The quantitative estimate of drug-likeness (QED) is 0.317. The minimum atomic E-state index is 0.129. The van der Waals surface area contributed by atoms with Crippen LogP contribution in [0, 0.1) is 41.4 Å². The smallest absolute Gasteiger partial charge is 0.309 e. The van der Waals surface area contributed by atoms with Crippen LogP contribution in [0.25, 0.3) is 0 Å². The van der Waals surface area contributed by atoms with E-state index in [0.29, 0.717) is 12.5 Å². The Balaban J connectivity index is 1.32. The van der Waals surface area contributed by atoms with E-state index in [1.807, 2.05) is 0 Å². The molecular formula is C19H28O2. The van der Waals surface area contributed by atoms with Crippen LogP contribution in [-0.2, 0) is 9.53 Å². The summed E-state index contributed by atoms with van der Waals surface area (Å²) in [7, 11) is 0. The molecule has 0 aromatic rings. The zero-order valence-electron chi connectivity index (χ0n) is 13.2. The molecule has 116 valence electrons. The average molecular weight is 288 g/mol. The van der Waals surface area contributed by atoms with Gasteiger partial charge in [0.05, 0.1) is 12.5 Å². The molecule has 3 saturated carbocycles. The largest absolute Gasteiger partial charge is 0.465 e. The Hall–Kier alpha value is -0.790. The van der Waals surface area contributed by atoms with E-state index in [9.17, 15) is 4.79 Å². The second-order valence-corrected chi connectivity index (χ2v) is 7.83. The van der Waals surface area contributed by atoms with E-state index in [1.54, 1.807) is 0 Å². The van der Waals surface area contributed by atoms with Crippen LogP contribution >= 0.6 is 0 Å². The Morgan fingerprint density at radius 1 is 1.05 bits per heavy atom. The maximum atomic E-state index is 12.4. The standard InChI is InChI=1S/C19H28O2/c1-2-3-4-5-8-21-19(20)16-11-14-10-15(16)18-13-7-6-12(9-13)17(14)18/h6-7,12-18H,2-5,8-11H2,1H3. The van der Waals surface area contributed by atoms with Crippen molar-refractivity contribution in [1.82, 2.24) is 0 Å². The summed E-state index contributed by atoms with van der Waals surface area (Å²) < 4.78 is 5.60. The highest BCUT2D eigenvalue weighted by molar-refractivity contribution is 5.73. The fourth-order valence-corrected chi connectivity index (χ4v) is 6.10. The summed E-state index contributed by atoms with van der Waals surface area (Å²) in [5, 5.41) is 0. The fourth-order valence-electron chi connectivity index (χ4n) is 6.10. The number of rotatable bonds is 6. The van der Waals surface area contributed by atoms with Crippen molar-refractivity contribution in [2.24, 2.45) is 41.4 Å². The molecule has 0 radical (unpaired) electrons. The summed E-state index contributed by atoms with van der Waals surface area (Å²) >= 11 is 0. The summed E-state index contributed by atoms with van der Waals surface area (Å²) in [4.78, 5) is 12.4. The molecule has 0 saturated heterocycles. The van der Waals surface area contributed by atoms with Gasteiger partial charge in [-0.2, -0.15) is 0 Å². The summed E-state index contributed by atoms with van der Waals surface area (Å²) in [5.41, 5.74) is 0. The van der Waals surface area contributed by atoms with Crippen LogP contribution in [0.2, 0.25) is 0 Å². The molecule has 7 unspecified atom stereocenters. The fraction of sp³-hybridized carbons (Fsp3) is 0.842. The first-order valence-electron chi connectivity index (χ1n) is 9.14. The molecule has 4 rings (SSSR count). The third-order valence-electron chi connectivity index (χ3n) is 6.82. The maximum Gasteiger partial charge on any atom is 0.309 e. The monoisotopic (exact) mass is 288 g/mol. The van der Waals surface area contributed by atoms with Crippen LogP contribution < -0.4 is 0 Å². The normalized spacial score (nSPS) is 45.3. The van der Waals surface area contributed by atoms with Crippen molar-refractivity contribution in [3.63, 3.8) is 0 Å². The minimum Gasteiger partial charge on any atom is -0.465 e. The second kappa shape index (κ2) is 5.44. The summed E-state index contributed by atoms with van der Waals surface area (Å²) in [5.74, 6) is 5.19. The van der Waals surface area contributed by atoms with E-state index in [2.05, 4.69) is 19.1 Å². The van der Waals surface area contributed by atoms with E-state index in [-0.39, 0.29) is 11.9 Å². The lowest BCUT2D eigenvalue weighted by Crippen LogP contribution is -2.35. The molecule has 0 amide bonds. The van der Waals surface area contributed by atoms with Gasteiger partial charge in [0, 0.05) is 0 Å².